The molecule has 0 bridgehead atoms. The summed E-state index contributed by atoms with van der Waals surface area (Å²) in [7, 11) is -2.92. The first-order valence-electron chi connectivity index (χ1n) is 7.13. The Kier molecular flexibility index (Phi) is 3.65. The molecule has 2 aromatic rings. The number of fused-ring (bicyclic) bond motifs is 1. The van der Waals surface area contributed by atoms with E-state index in [4.69, 9.17) is 0 Å². The van der Waals surface area contributed by atoms with Crippen LogP contribution in [0.2, 0.25) is 0 Å². The Hall–Kier alpha value is -1.21. The zero-order chi connectivity index (χ0) is 15.2. The summed E-state index contributed by atoms with van der Waals surface area (Å²) in [5.74, 6) is 1.86. The van der Waals surface area contributed by atoms with E-state index >= 15 is 0 Å². The molecule has 0 aromatic carbocycles. The maximum absolute atomic E-state index is 11.7. The molecule has 0 aliphatic carbocycles. The Morgan fingerprint density at radius 1 is 1.33 bits per heavy atom. The Morgan fingerprint density at radius 3 is 2.71 bits per heavy atom. The van der Waals surface area contributed by atoms with Gasteiger partial charge in [-0.3, -0.25) is 0 Å². The van der Waals surface area contributed by atoms with Gasteiger partial charge in [-0.15, -0.1) is 11.3 Å². The molecule has 1 saturated heterocycles. The highest BCUT2D eigenvalue weighted by molar-refractivity contribution is 7.91. The zero-order valence-electron chi connectivity index (χ0n) is 12.4. The van der Waals surface area contributed by atoms with Crippen molar-refractivity contribution >= 4 is 37.2 Å². The molecule has 1 aliphatic heterocycles. The van der Waals surface area contributed by atoms with Gasteiger partial charge in [-0.25, -0.2) is 18.4 Å². The highest BCUT2D eigenvalue weighted by Crippen LogP contribution is 2.36. The van der Waals surface area contributed by atoms with Crippen LogP contribution in [0.5, 0.6) is 0 Å². The van der Waals surface area contributed by atoms with Crippen molar-refractivity contribution in [3.8, 4) is 0 Å². The van der Waals surface area contributed by atoms with Crippen LogP contribution in [0, 0.1) is 13.8 Å². The van der Waals surface area contributed by atoms with Crippen LogP contribution < -0.4 is 5.32 Å². The van der Waals surface area contributed by atoms with Crippen molar-refractivity contribution < 1.29 is 8.42 Å². The number of rotatable bonds is 3. The SMILES string of the molecule is CCNc1nc(C2CCS(=O)(=O)C2)nc2sc(C)c(C)c12. The van der Waals surface area contributed by atoms with Crippen molar-refractivity contribution in [2.24, 2.45) is 0 Å². The molecule has 7 heteroatoms. The van der Waals surface area contributed by atoms with Crippen molar-refractivity contribution in [1.29, 1.82) is 0 Å². The maximum atomic E-state index is 11.7. The summed E-state index contributed by atoms with van der Waals surface area (Å²) in [4.78, 5) is 11.5. The van der Waals surface area contributed by atoms with Crippen LogP contribution in [0.4, 0.5) is 5.82 Å². The number of aryl methyl sites for hydroxylation is 2. The highest BCUT2D eigenvalue weighted by Gasteiger charge is 2.31. The minimum atomic E-state index is -2.92. The molecule has 2 aromatic heterocycles. The summed E-state index contributed by atoms with van der Waals surface area (Å²) in [6, 6.07) is 0. The number of thiophene rings is 1. The van der Waals surface area contributed by atoms with Crippen molar-refractivity contribution in [3.63, 3.8) is 0 Å². The van der Waals surface area contributed by atoms with Gasteiger partial charge in [-0.05, 0) is 32.8 Å². The first-order chi connectivity index (χ1) is 9.91. The number of hydrogen-bond donors (Lipinski definition) is 1. The van der Waals surface area contributed by atoms with Gasteiger partial charge in [0.05, 0.1) is 16.9 Å². The molecule has 3 heterocycles. The Balaban J connectivity index is 2.13. The maximum Gasteiger partial charge on any atom is 0.151 e. The normalized spacial score (nSPS) is 21.0. The average Bonchev–Trinajstić information content (AvgIpc) is 2.91. The van der Waals surface area contributed by atoms with E-state index in [-0.39, 0.29) is 17.4 Å². The monoisotopic (exact) mass is 325 g/mol. The molecule has 0 saturated carbocycles. The van der Waals surface area contributed by atoms with E-state index in [9.17, 15) is 8.42 Å². The van der Waals surface area contributed by atoms with Crippen LogP contribution in [0.3, 0.4) is 0 Å². The zero-order valence-corrected chi connectivity index (χ0v) is 14.1. The molecule has 5 nitrogen and oxygen atoms in total. The van der Waals surface area contributed by atoms with Crippen molar-refractivity contribution in [2.75, 3.05) is 23.4 Å². The summed E-state index contributed by atoms with van der Waals surface area (Å²) in [5.41, 5.74) is 1.21. The van der Waals surface area contributed by atoms with Gasteiger partial charge in [-0.1, -0.05) is 0 Å². The molecule has 114 valence electrons. The summed E-state index contributed by atoms with van der Waals surface area (Å²) in [6.45, 7) is 6.97. The van der Waals surface area contributed by atoms with Gasteiger partial charge in [0, 0.05) is 17.3 Å². The van der Waals surface area contributed by atoms with E-state index in [1.807, 2.05) is 6.92 Å². The molecule has 1 N–H and O–H groups in total. The lowest BCUT2D eigenvalue weighted by Crippen LogP contribution is -2.10. The fourth-order valence-electron chi connectivity index (χ4n) is 2.74. The molecule has 1 aliphatic rings. The molecule has 1 unspecified atom stereocenters. The largest absolute Gasteiger partial charge is 0.370 e. The molecule has 0 amide bonds. The second kappa shape index (κ2) is 5.21. The molecule has 1 atom stereocenters. The number of anilines is 1. The van der Waals surface area contributed by atoms with Gasteiger partial charge < -0.3 is 5.32 Å². The number of nitrogens with zero attached hydrogens (tertiary/aromatic N) is 2. The number of nitrogens with one attached hydrogen (secondary N) is 1. The van der Waals surface area contributed by atoms with Crippen molar-refractivity contribution in [2.45, 2.75) is 33.1 Å². The summed E-state index contributed by atoms with van der Waals surface area (Å²) in [5, 5.41) is 4.37. The molecule has 0 radical (unpaired) electrons. The Bertz CT molecular complexity index is 796. The van der Waals surface area contributed by atoms with Gasteiger partial charge in [0.2, 0.25) is 0 Å². The van der Waals surface area contributed by atoms with Crippen LogP contribution in [-0.2, 0) is 9.84 Å². The van der Waals surface area contributed by atoms with Crippen molar-refractivity contribution in [3.05, 3.63) is 16.3 Å². The first kappa shape index (κ1) is 14.7. The Labute approximate surface area is 128 Å². The van der Waals surface area contributed by atoms with Crippen LogP contribution in [0.15, 0.2) is 0 Å². The first-order valence-corrected chi connectivity index (χ1v) is 9.77. The molecule has 21 heavy (non-hydrogen) atoms. The third kappa shape index (κ3) is 2.64. The minimum Gasteiger partial charge on any atom is -0.370 e. The second-order valence-corrected chi connectivity index (χ2v) is 8.96. The van der Waals surface area contributed by atoms with Gasteiger partial charge in [0.25, 0.3) is 0 Å². The van der Waals surface area contributed by atoms with E-state index in [1.165, 1.54) is 10.4 Å². The molecule has 3 rings (SSSR count). The van der Waals surface area contributed by atoms with E-state index < -0.39 is 9.84 Å². The lowest BCUT2D eigenvalue weighted by Gasteiger charge is -2.11. The summed E-state index contributed by atoms with van der Waals surface area (Å²) < 4.78 is 23.4. The predicted molar refractivity (Wildman–Crippen MR) is 87.1 cm³/mol. The molecular weight excluding hydrogens is 306 g/mol. The average molecular weight is 325 g/mol. The van der Waals surface area contributed by atoms with Crippen LogP contribution in [-0.4, -0.2) is 36.4 Å². The van der Waals surface area contributed by atoms with E-state index in [0.717, 1.165) is 22.6 Å². The third-order valence-corrected chi connectivity index (χ3v) is 6.86. The summed E-state index contributed by atoms with van der Waals surface area (Å²) >= 11 is 1.65. The van der Waals surface area contributed by atoms with Crippen molar-refractivity contribution in [1.82, 2.24) is 9.97 Å². The highest BCUT2D eigenvalue weighted by atomic mass is 32.2. The third-order valence-electron chi connectivity index (χ3n) is 3.99. The number of hydrogen-bond acceptors (Lipinski definition) is 6. The lowest BCUT2D eigenvalue weighted by atomic mass is 10.1. The summed E-state index contributed by atoms with van der Waals surface area (Å²) in [6.07, 6.45) is 0.628. The predicted octanol–water partition coefficient (Wildman–Crippen LogP) is 2.64. The quantitative estimate of drug-likeness (QED) is 0.939. The number of sulfone groups is 1. The van der Waals surface area contributed by atoms with Crippen LogP contribution in [0.25, 0.3) is 10.2 Å². The van der Waals surface area contributed by atoms with Crippen LogP contribution in [0.1, 0.15) is 35.5 Å². The second-order valence-electron chi connectivity index (χ2n) is 5.52. The molecule has 0 spiro atoms. The topological polar surface area (TPSA) is 72.0 Å². The van der Waals surface area contributed by atoms with Gasteiger partial charge in [0.1, 0.15) is 16.5 Å². The van der Waals surface area contributed by atoms with E-state index in [2.05, 4.69) is 29.1 Å². The van der Waals surface area contributed by atoms with Gasteiger partial charge >= 0.3 is 0 Å². The minimum absolute atomic E-state index is 0.0699. The Morgan fingerprint density at radius 2 is 2.10 bits per heavy atom. The fraction of sp³-hybridized carbons (Fsp3) is 0.571. The molecular formula is C14H19N3O2S2. The van der Waals surface area contributed by atoms with E-state index in [1.54, 1.807) is 11.3 Å². The van der Waals surface area contributed by atoms with Gasteiger partial charge in [-0.2, -0.15) is 0 Å². The smallest absolute Gasteiger partial charge is 0.151 e. The standard InChI is InChI=1S/C14H19N3O2S2/c1-4-15-13-11-8(2)9(3)20-14(11)17-12(16-13)10-5-6-21(18,19)7-10/h10H,4-7H2,1-3H3,(H,15,16,17). The van der Waals surface area contributed by atoms with Gasteiger partial charge in [0.15, 0.2) is 9.84 Å². The number of aromatic nitrogens is 2. The fourth-order valence-corrected chi connectivity index (χ4v) is 5.52. The van der Waals surface area contributed by atoms with E-state index in [0.29, 0.717) is 12.2 Å². The van der Waals surface area contributed by atoms with Crippen LogP contribution >= 0.6 is 11.3 Å². The molecule has 1 fully saturated rings. The lowest BCUT2D eigenvalue weighted by molar-refractivity contribution is 0.601.